The van der Waals surface area contributed by atoms with E-state index in [-0.39, 0.29) is 5.95 Å². The van der Waals surface area contributed by atoms with Crippen LogP contribution >= 0.6 is 0 Å². The fourth-order valence-corrected chi connectivity index (χ4v) is 1.14. The highest BCUT2D eigenvalue weighted by molar-refractivity contribution is 6.07. The van der Waals surface area contributed by atoms with E-state index in [2.05, 4.69) is 40.8 Å². The van der Waals surface area contributed by atoms with Gasteiger partial charge in [-0.05, 0) is 19.9 Å². The van der Waals surface area contributed by atoms with Crippen molar-refractivity contribution in [2.75, 3.05) is 19.5 Å². The lowest BCUT2D eigenvalue weighted by molar-refractivity contribution is 0.311. The second kappa shape index (κ2) is 6.70. The average molecular weight is 248 g/mol. The maximum atomic E-state index is 5.51. The molecule has 0 aliphatic heterocycles. The minimum absolute atomic E-state index is 0.233. The van der Waals surface area contributed by atoms with Gasteiger partial charge in [0.05, 0.1) is 18.6 Å². The van der Waals surface area contributed by atoms with Crippen molar-refractivity contribution in [1.29, 1.82) is 0 Å². The number of nitrogens with one attached hydrogen (secondary N) is 1. The van der Waals surface area contributed by atoms with Crippen molar-refractivity contribution in [2.24, 2.45) is 5.10 Å². The van der Waals surface area contributed by atoms with Gasteiger partial charge in [0.25, 0.3) is 0 Å². The third-order valence-corrected chi connectivity index (χ3v) is 2.14. The van der Waals surface area contributed by atoms with E-state index in [9.17, 15) is 0 Å². The van der Waals surface area contributed by atoms with Gasteiger partial charge in [-0.25, -0.2) is 9.97 Å². The predicted octanol–water partition coefficient (Wildman–Crippen LogP) is 0.945. The van der Waals surface area contributed by atoms with Crippen molar-refractivity contribution in [3.63, 3.8) is 0 Å². The van der Waals surface area contributed by atoms with E-state index in [1.54, 1.807) is 23.5 Å². The van der Waals surface area contributed by atoms with Gasteiger partial charge in [-0.2, -0.15) is 5.10 Å². The SMILES string of the molecule is C=C(/C=N\N(C)CNC(C)C)c1ccnc(N)n1. The first kappa shape index (κ1) is 14.1. The number of nitrogen functional groups attached to an aromatic ring is 1. The molecule has 0 saturated heterocycles. The van der Waals surface area contributed by atoms with Crippen LogP contribution in [0.25, 0.3) is 5.57 Å². The van der Waals surface area contributed by atoms with Crippen LogP contribution in [0.1, 0.15) is 19.5 Å². The molecule has 0 spiro atoms. The number of nitrogens with two attached hydrogens (primary N) is 1. The molecule has 0 atom stereocenters. The van der Waals surface area contributed by atoms with Crippen LogP contribution in [0.5, 0.6) is 0 Å². The Balaban J connectivity index is 2.54. The Labute approximate surface area is 108 Å². The van der Waals surface area contributed by atoms with E-state index in [1.807, 2.05) is 7.05 Å². The summed E-state index contributed by atoms with van der Waals surface area (Å²) >= 11 is 0. The number of anilines is 1. The molecule has 0 bridgehead atoms. The van der Waals surface area contributed by atoms with Gasteiger partial charge in [-0.3, -0.25) is 10.3 Å². The fourth-order valence-electron chi connectivity index (χ4n) is 1.14. The van der Waals surface area contributed by atoms with Gasteiger partial charge in [0.1, 0.15) is 0 Å². The maximum absolute atomic E-state index is 5.51. The van der Waals surface area contributed by atoms with Gasteiger partial charge in [0.2, 0.25) is 5.95 Å². The highest BCUT2D eigenvalue weighted by Gasteiger charge is 2.00. The van der Waals surface area contributed by atoms with Crippen molar-refractivity contribution in [1.82, 2.24) is 20.3 Å². The second-order valence-corrected chi connectivity index (χ2v) is 4.24. The zero-order valence-electron chi connectivity index (χ0n) is 11.1. The molecule has 0 unspecified atom stereocenters. The Hall–Kier alpha value is -1.95. The number of allylic oxidation sites excluding steroid dienone is 1. The third-order valence-electron chi connectivity index (χ3n) is 2.14. The van der Waals surface area contributed by atoms with Crippen LogP contribution in [0.15, 0.2) is 23.9 Å². The predicted molar refractivity (Wildman–Crippen MR) is 74.9 cm³/mol. The van der Waals surface area contributed by atoms with Crippen molar-refractivity contribution in [3.05, 3.63) is 24.5 Å². The highest BCUT2D eigenvalue weighted by atomic mass is 15.5. The summed E-state index contributed by atoms with van der Waals surface area (Å²) in [5.74, 6) is 0.233. The van der Waals surface area contributed by atoms with Gasteiger partial charge in [-0.1, -0.05) is 6.58 Å². The lowest BCUT2D eigenvalue weighted by Gasteiger charge is -2.15. The summed E-state index contributed by atoms with van der Waals surface area (Å²) in [5.41, 5.74) is 6.88. The maximum Gasteiger partial charge on any atom is 0.220 e. The Bertz CT molecular complexity index is 426. The molecule has 0 fully saturated rings. The molecule has 6 nitrogen and oxygen atoms in total. The first-order valence-corrected chi connectivity index (χ1v) is 5.75. The standard InChI is InChI=1S/C12H20N6/c1-9(2)15-8-18(4)16-7-10(3)11-5-6-14-12(13)17-11/h5-7,9,15H,3,8H2,1-2,4H3,(H2,13,14,17)/b16-7-. The zero-order chi connectivity index (χ0) is 13.5. The van der Waals surface area contributed by atoms with Crippen LogP contribution in [0, 0.1) is 0 Å². The molecule has 6 heteroatoms. The molecular weight excluding hydrogens is 228 g/mol. The van der Waals surface area contributed by atoms with Crippen LogP contribution < -0.4 is 11.1 Å². The molecule has 0 radical (unpaired) electrons. The average Bonchev–Trinajstić information content (AvgIpc) is 2.33. The van der Waals surface area contributed by atoms with E-state index in [0.29, 0.717) is 24.0 Å². The summed E-state index contributed by atoms with van der Waals surface area (Å²) < 4.78 is 0. The van der Waals surface area contributed by atoms with Crippen LogP contribution in [0.4, 0.5) is 5.95 Å². The monoisotopic (exact) mass is 248 g/mol. The van der Waals surface area contributed by atoms with Gasteiger partial charge >= 0.3 is 0 Å². The Morgan fingerprint density at radius 3 is 3.00 bits per heavy atom. The van der Waals surface area contributed by atoms with E-state index >= 15 is 0 Å². The van der Waals surface area contributed by atoms with Gasteiger partial charge < -0.3 is 5.73 Å². The first-order chi connectivity index (χ1) is 8.49. The van der Waals surface area contributed by atoms with E-state index < -0.39 is 0 Å². The number of hydrogen-bond donors (Lipinski definition) is 2. The van der Waals surface area contributed by atoms with E-state index in [1.165, 1.54) is 0 Å². The van der Waals surface area contributed by atoms with Crippen LogP contribution in [-0.4, -0.2) is 40.9 Å². The van der Waals surface area contributed by atoms with E-state index in [4.69, 9.17) is 5.73 Å². The van der Waals surface area contributed by atoms with E-state index in [0.717, 1.165) is 0 Å². The van der Waals surface area contributed by atoms with Gasteiger partial charge in [-0.15, -0.1) is 0 Å². The molecule has 0 saturated carbocycles. The fraction of sp³-hybridized carbons (Fsp3) is 0.417. The molecule has 1 aromatic heterocycles. The number of aromatic nitrogens is 2. The Morgan fingerprint density at radius 2 is 2.39 bits per heavy atom. The molecule has 1 heterocycles. The Kier molecular flexibility index (Phi) is 5.26. The number of hydrazone groups is 1. The molecule has 0 aliphatic carbocycles. The van der Waals surface area contributed by atoms with Crippen LogP contribution in [0.3, 0.4) is 0 Å². The molecule has 1 rings (SSSR count). The Morgan fingerprint density at radius 1 is 1.67 bits per heavy atom. The molecule has 0 amide bonds. The van der Waals surface area contributed by atoms with Crippen molar-refractivity contribution in [3.8, 4) is 0 Å². The van der Waals surface area contributed by atoms with Crippen LogP contribution in [-0.2, 0) is 0 Å². The first-order valence-electron chi connectivity index (χ1n) is 5.75. The quantitative estimate of drug-likeness (QED) is 0.445. The summed E-state index contributed by atoms with van der Waals surface area (Å²) in [6.07, 6.45) is 3.25. The molecule has 0 aliphatic rings. The summed E-state index contributed by atoms with van der Waals surface area (Å²) in [6.45, 7) is 8.73. The van der Waals surface area contributed by atoms with Crippen molar-refractivity contribution in [2.45, 2.75) is 19.9 Å². The second-order valence-electron chi connectivity index (χ2n) is 4.24. The number of nitrogens with zero attached hydrogens (tertiary/aromatic N) is 4. The molecule has 18 heavy (non-hydrogen) atoms. The summed E-state index contributed by atoms with van der Waals surface area (Å²) in [7, 11) is 1.88. The summed E-state index contributed by atoms with van der Waals surface area (Å²) in [4.78, 5) is 7.89. The normalized spacial score (nSPS) is 11.1. The summed E-state index contributed by atoms with van der Waals surface area (Å²) in [5, 5.41) is 9.29. The summed E-state index contributed by atoms with van der Waals surface area (Å²) in [6, 6.07) is 2.17. The highest BCUT2D eigenvalue weighted by Crippen LogP contribution is 2.07. The molecule has 0 aromatic carbocycles. The zero-order valence-corrected chi connectivity index (χ0v) is 11.1. The minimum atomic E-state index is 0.233. The lowest BCUT2D eigenvalue weighted by Crippen LogP contribution is -2.32. The topological polar surface area (TPSA) is 79.4 Å². The smallest absolute Gasteiger partial charge is 0.220 e. The van der Waals surface area contributed by atoms with Crippen LogP contribution in [0.2, 0.25) is 0 Å². The largest absolute Gasteiger partial charge is 0.368 e. The number of hydrogen-bond acceptors (Lipinski definition) is 6. The molecular formula is C12H20N6. The molecule has 3 N–H and O–H groups in total. The van der Waals surface area contributed by atoms with Gasteiger partial charge in [0.15, 0.2) is 0 Å². The third kappa shape index (κ3) is 4.92. The van der Waals surface area contributed by atoms with Crippen molar-refractivity contribution >= 4 is 17.7 Å². The van der Waals surface area contributed by atoms with Crippen molar-refractivity contribution < 1.29 is 0 Å². The van der Waals surface area contributed by atoms with Gasteiger partial charge in [0, 0.05) is 24.9 Å². The minimum Gasteiger partial charge on any atom is -0.368 e. The number of rotatable bonds is 6. The molecule has 98 valence electrons. The molecule has 1 aromatic rings. The lowest BCUT2D eigenvalue weighted by atomic mass is 10.2.